The van der Waals surface area contributed by atoms with Crippen LogP contribution >= 0.6 is 11.6 Å². The van der Waals surface area contributed by atoms with Gasteiger partial charge in [0.1, 0.15) is 5.82 Å². The third-order valence-electron chi connectivity index (χ3n) is 3.58. The van der Waals surface area contributed by atoms with E-state index in [1.807, 2.05) is 6.92 Å². The molecule has 0 aromatic heterocycles. The molecule has 2 atom stereocenters. The molecule has 1 aliphatic rings. The largest absolute Gasteiger partial charge is 0.316 e. The van der Waals surface area contributed by atoms with Crippen molar-refractivity contribution in [1.82, 2.24) is 10.0 Å². The lowest BCUT2D eigenvalue weighted by atomic mass is 9.94. The first kappa shape index (κ1) is 15.7. The standard InChI is InChI=1S/C13H18ClFN2O2S/c1-9(10-3-2-6-16-8-10)17-20(18,19)11-4-5-13(15)12(14)7-11/h4-5,7,9-10,16-17H,2-3,6,8H2,1H3. The van der Waals surface area contributed by atoms with Crippen LogP contribution in [-0.2, 0) is 10.0 Å². The van der Waals surface area contributed by atoms with Crippen molar-refractivity contribution in [2.75, 3.05) is 13.1 Å². The van der Waals surface area contributed by atoms with Gasteiger partial charge < -0.3 is 5.32 Å². The summed E-state index contributed by atoms with van der Waals surface area (Å²) in [5, 5.41) is 3.06. The second-order valence-corrected chi connectivity index (χ2v) is 7.21. The lowest BCUT2D eigenvalue weighted by Crippen LogP contribution is -2.44. The van der Waals surface area contributed by atoms with Gasteiger partial charge in [-0.3, -0.25) is 0 Å². The highest BCUT2D eigenvalue weighted by molar-refractivity contribution is 7.89. The van der Waals surface area contributed by atoms with Crippen molar-refractivity contribution in [3.63, 3.8) is 0 Å². The average molecular weight is 321 g/mol. The van der Waals surface area contributed by atoms with Crippen molar-refractivity contribution in [1.29, 1.82) is 0 Å². The Morgan fingerprint density at radius 3 is 2.85 bits per heavy atom. The van der Waals surface area contributed by atoms with Crippen molar-refractivity contribution in [3.8, 4) is 0 Å². The zero-order valence-corrected chi connectivity index (χ0v) is 12.8. The number of hydrogen-bond donors (Lipinski definition) is 2. The van der Waals surface area contributed by atoms with Gasteiger partial charge in [-0.15, -0.1) is 0 Å². The summed E-state index contributed by atoms with van der Waals surface area (Å²) in [6.45, 7) is 3.62. The Hall–Kier alpha value is -0.690. The van der Waals surface area contributed by atoms with Crippen LogP contribution in [0.25, 0.3) is 0 Å². The Labute approximate surface area is 123 Å². The highest BCUT2D eigenvalue weighted by atomic mass is 35.5. The number of hydrogen-bond acceptors (Lipinski definition) is 3. The number of sulfonamides is 1. The molecule has 2 N–H and O–H groups in total. The molecule has 1 fully saturated rings. The Balaban J connectivity index is 2.11. The Kier molecular flexibility index (Phi) is 5.01. The monoisotopic (exact) mass is 320 g/mol. The molecule has 0 radical (unpaired) electrons. The van der Waals surface area contributed by atoms with Crippen molar-refractivity contribution < 1.29 is 12.8 Å². The van der Waals surface area contributed by atoms with E-state index in [0.717, 1.165) is 38.1 Å². The lowest BCUT2D eigenvalue weighted by Gasteiger charge is -2.28. The fourth-order valence-electron chi connectivity index (χ4n) is 2.36. The van der Waals surface area contributed by atoms with Crippen LogP contribution in [0.15, 0.2) is 23.1 Å². The maximum absolute atomic E-state index is 13.1. The summed E-state index contributed by atoms with van der Waals surface area (Å²) < 4.78 is 40.2. The van der Waals surface area contributed by atoms with Crippen molar-refractivity contribution in [3.05, 3.63) is 29.0 Å². The minimum Gasteiger partial charge on any atom is -0.316 e. The molecule has 2 unspecified atom stereocenters. The summed E-state index contributed by atoms with van der Waals surface area (Å²) in [4.78, 5) is -0.0143. The summed E-state index contributed by atoms with van der Waals surface area (Å²) in [7, 11) is -3.68. The third-order valence-corrected chi connectivity index (χ3v) is 5.43. The number of nitrogens with one attached hydrogen (secondary N) is 2. The Morgan fingerprint density at radius 2 is 2.25 bits per heavy atom. The lowest BCUT2D eigenvalue weighted by molar-refractivity contribution is 0.320. The topological polar surface area (TPSA) is 58.2 Å². The predicted molar refractivity (Wildman–Crippen MR) is 76.8 cm³/mol. The first-order chi connectivity index (χ1) is 9.40. The third kappa shape index (κ3) is 3.69. The number of piperidine rings is 1. The molecule has 4 nitrogen and oxygen atoms in total. The fourth-order valence-corrected chi connectivity index (χ4v) is 3.94. The van der Waals surface area contributed by atoms with Crippen LogP contribution in [0.3, 0.4) is 0 Å². The summed E-state index contributed by atoms with van der Waals surface area (Å²) in [5.41, 5.74) is 0. The quantitative estimate of drug-likeness (QED) is 0.893. The van der Waals surface area contributed by atoms with E-state index in [1.165, 1.54) is 6.07 Å². The minimum atomic E-state index is -3.68. The van der Waals surface area contributed by atoms with E-state index < -0.39 is 15.8 Å². The molecule has 0 spiro atoms. The second kappa shape index (κ2) is 6.39. The molecule has 7 heteroatoms. The van der Waals surface area contributed by atoms with Gasteiger partial charge in [-0.1, -0.05) is 11.6 Å². The first-order valence-electron chi connectivity index (χ1n) is 6.58. The van der Waals surface area contributed by atoms with Crippen LogP contribution in [0.4, 0.5) is 4.39 Å². The fraction of sp³-hybridized carbons (Fsp3) is 0.538. The first-order valence-corrected chi connectivity index (χ1v) is 8.44. The van der Waals surface area contributed by atoms with Crippen LogP contribution in [-0.4, -0.2) is 27.5 Å². The summed E-state index contributed by atoms with van der Waals surface area (Å²) in [6, 6.07) is 3.22. The van der Waals surface area contributed by atoms with E-state index in [4.69, 9.17) is 11.6 Å². The molecule has 20 heavy (non-hydrogen) atoms. The van der Waals surface area contributed by atoms with Crippen LogP contribution in [0, 0.1) is 11.7 Å². The van der Waals surface area contributed by atoms with E-state index in [2.05, 4.69) is 10.0 Å². The number of rotatable bonds is 4. The molecule has 1 aliphatic heterocycles. The minimum absolute atomic E-state index is 0.0143. The number of benzene rings is 1. The summed E-state index contributed by atoms with van der Waals surface area (Å²) in [5.74, 6) is -0.371. The smallest absolute Gasteiger partial charge is 0.240 e. The van der Waals surface area contributed by atoms with Gasteiger partial charge in [-0.05, 0) is 57.0 Å². The highest BCUT2D eigenvalue weighted by Gasteiger charge is 2.25. The molecule has 0 aliphatic carbocycles. The normalized spacial score (nSPS) is 21.6. The molecule has 0 amide bonds. The molecule has 1 aromatic carbocycles. The molecular formula is C13H18ClFN2O2S. The van der Waals surface area contributed by atoms with Gasteiger partial charge >= 0.3 is 0 Å². The maximum Gasteiger partial charge on any atom is 0.240 e. The van der Waals surface area contributed by atoms with Gasteiger partial charge in [0.25, 0.3) is 0 Å². The van der Waals surface area contributed by atoms with Gasteiger partial charge in [0.05, 0.1) is 9.92 Å². The van der Waals surface area contributed by atoms with E-state index in [9.17, 15) is 12.8 Å². The zero-order valence-electron chi connectivity index (χ0n) is 11.2. The molecule has 2 rings (SSSR count). The Morgan fingerprint density at radius 1 is 1.50 bits per heavy atom. The van der Waals surface area contributed by atoms with Crippen molar-refractivity contribution in [2.45, 2.75) is 30.7 Å². The van der Waals surface area contributed by atoms with E-state index in [1.54, 1.807) is 0 Å². The average Bonchev–Trinajstić information content (AvgIpc) is 2.42. The van der Waals surface area contributed by atoms with Gasteiger partial charge in [0.2, 0.25) is 10.0 Å². The van der Waals surface area contributed by atoms with E-state index >= 15 is 0 Å². The van der Waals surface area contributed by atoms with Crippen LogP contribution in [0.5, 0.6) is 0 Å². The second-order valence-electron chi connectivity index (χ2n) is 5.09. The molecule has 1 aromatic rings. The molecule has 112 valence electrons. The van der Waals surface area contributed by atoms with Crippen LogP contribution < -0.4 is 10.0 Å². The van der Waals surface area contributed by atoms with E-state index in [-0.39, 0.29) is 21.9 Å². The van der Waals surface area contributed by atoms with Gasteiger partial charge in [0.15, 0.2) is 0 Å². The predicted octanol–water partition coefficient (Wildman–Crippen LogP) is 2.15. The van der Waals surface area contributed by atoms with Gasteiger partial charge in [0, 0.05) is 6.04 Å². The zero-order chi connectivity index (χ0) is 14.8. The van der Waals surface area contributed by atoms with E-state index in [0.29, 0.717) is 0 Å². The molecule has 1 heterocycles. The maximum atomic E-state index is 13.1. The van der Waals surface area contributed by atoms with Gasteiger partial charge in [-0.25, -0.2) is 17.5 Å². The Bertz CT molecular complexity index is 574. The van der Waals surface area contributed by atoms with Gasteiger partial charge in [-0.2, -0.15) is 0 Å². The highest BCUT2D eigenvalue weighted by Crippen LogP contribution is 2.21. The number of halogens is 2. The molecule has 0 saturated carbocycles. The van der Waals surface area contributed by atoms with Crippen molar-refractivity contribution >= 4 is 21.6 Å². The molecule has 1 saturated heterocycles. The molecular weight excluding hydrogens is 303 g/mol. The van der Waals surface area contributed by atoms with Crippen LogP contribution in [0.2, 0.25) is 5.02 Å². The molecule has 0 bridgehead atoms. The summed E-state index contributed by atoms with van der Waals surface area (Å²) >= 11 is 5.63. The summed E-state index contributed by atoms with van der Waals surface area (Å²) in [6.07, 6.45) is 2.03. The van der Waals surface area contributed by atoms with Crippen molar-refractivity contribution in [2.24, 2.45) is 5.92 Å². The van der Waals surface area contributed by atoms with Crippen LogP contribution in [0.1, 0.15) is 19.8 Å². The SMILES string of the molecule is CC(NS(=O)(=O)c1ccc(F)c(Cl)c1)C1CCCNC1.